The molecule has 0 bridgehead atoms. The Labute approximate surface area is 576 Å². The van der Waals surface area contributed by atoms with Crippen LogP contribution in [0.3, 0.4) is 0 Å². The maximum Gasteiger partial charge on any atom is 0.268 e. The SMILES string of the molecule is CCCCCCCCCCCCCCCCCCOCC(COP(=O)([O-])OCC[N+](C)(C)C)OC.CCCCCCCCCCCCCCCCCCOP(=O)([O-])OC1CC[N+](C)(C)CC1.CCCCCCCCCCCCCCCCOP(=O)([O-])OCC[N+](C)(C)C. The first-order valence-corrected chi connectivity index (χ1v) is 43.1. The number of quaternary nitrogens is 3. The Morgan fingerprint density at radius 3 is 0.882 bits per heavy atom. The van der Waals surface area contributed by atoms with E-state index >= 15 is 0 Å². The number of nitrogens with zero attached hydrogens (tertiary/aromatic N) is 3. The number of hydrogen-bond donors (Lipinski definition) is 0. The highest BCUT2D eigenvalue weighted by Gasteiger charge is 2.29. The van der Waals surface area contributed by atoms with Crippen LogP contribution in [0.25, 0.3) is 0 Å². The van der Waals surface area contributed by atoms with Crippen LogP contribution in [0.4, 0.5) is 0 Å². The molecule has 0 aromatic carbocycles. The van der Waals surface area contributed by atoms with Crippen LogP contribution in [0.5, 0.6) is 0 Å². The topological polar surface area (TPSA) is 194 Å². The highest BCUT2D eigenvalue weighted by molar-refractivity contribution is 7.46. The zero-order valence-corrected chi connectivity index (χ0v) is 66.0. The molecule has 562 valence electrons. The fourth-order valence-corrected chi connectivity index (χ4v) is 13.6. The maximum absolute atomic E-state index is 12.0. The summed E-state index contributed by atoms with van der Waals surface area (Å²) in [7, 11) is 5.16. The molecule has 20 heteroatoms. The molecule has 0 saturated carbocycles. The lowest BCUT2D eigenvalue weighted by Crippen LogP contribution is -2.48. The molecule has 1 rings (SSSR count). The molecule has 0 aromatic heterocycles. The zero-order valence-electron chi connectivity index (χ0n) is 63.3. The minimum atomic E-state index is -4.32. The normalized spacial score (nSPS) is 16.0. The van der Waals surface area contributed by atoms with Gasteiger partial charge in [-0.1, -0.05) is 297 Å². The molecule has 0 N–H and O–H groups in total. The number of unbranched alkanes of at least 4 members (excludes halogenated alkanes) is 43. The standard InChI is InChI=1S/C27H58NO6P.C25H52NO4P.C21H46NO4P/c1-6-7-8-9-10-11-12-13-14-15-16-17-18-19-20-21-23-32-25-27(31-5)26-34-35(29,30)33-24-22-28(2,3)4;1-4-5-6-7-8-9-10-11-12-13-14-15-16-17-18-19-24-29-31(27,28)30-25-20-22-26(2,3)23-21-25;1-5-6-7-8-9-10-11-12-13-14-15-16-17-18-20-25-27(23,24)26-21-19-22(2,3)4/h27H,6-26H2,1-5H3;25H,4-24H2,1-3H3;5-21H2,1-4H3. The lowest BCUT2D eigenvalue weighted by atomic mass is 10.0. The smallest absolute Gasteiger partial charge is 0.268 e. The molecule has 0 amide bonds. The van der Waals surface area contributed by atoms with E-state index in [9.17, 15) is 28.4 Å². The van der Waals surface area contributed by atoms with E-state index in [1.54, 1.807) is 0 Å². The summed E-state index contributed by atoms with van der Waals surface area (Å²) < 4.78 is 78.6. The Bertz CT molecular complexity index is 1720. The molecule has 17 nitrogen and oxygen atoms in total. The Kier molecular flexibility index (Phi) is 65.8. The third-order valence-corrected chi connectivity index (χ3v) is 20.6. The number of hydrogen-bond acceptors (Lipinski definition) is 14. The van der Waals surface area contributed by atoms with Gasteiger partial charge >= 0.3 is 0 Å². The van der Waals surface area contributed by atoms with Gasteiger partial charge < -0.3 is 64.7 Å². The van der Waals surface area contributed by atoms with Crippen LogP contribution in [0, 0.1) is 0 Å². The van der Waals surface area contributed by atoms with Crippen molar-refractivity contribution in [3.8, 4) is 0 Å². The molecule has 93 heavy (non-hydrogen) atoms. The molecule has 1 fully saturated rings. The van der Waals surface area contributed by atoms with Crippen molar-refractivity contribution in [1.29, 1.82) is 0 Å². The Balaban J connectivity index is 0. The van der Waals surface area contributed by atoms with Crippen molar-refractivity contribution in [2.45, 2.75) is 341 Å². The van der Waals surface area contributed by atoms with E-state index in [4.69, 9.17) is 36.6 Å². The Morgan fingerprint density at radius 1 is 0.355 bits per heavy atom. The van der Waals surface area contributed by atoms with Gasteiger partial charge in [0.1, 0.15) is 32.4 Å². The van der Waals surface area contributed by atoms with Crippen LogP contribution in [0.2, 0.25) is 0 Å². The lowest BCUT2D eigenvalue weighted by Gasteiger charge is -2.38. The number of methoxy groups -OCH3 is 1. The predicted molar refractivity (Wildman–Crippen MR) is 385 cm³/mol. The summed E-state index contributed by atoms with van der Waals surface area (Å²) in [6.45, 7) is 11.6. The first kappa shape index (κ1) is 95.2. The van der Waals surface area contributed by atoms with Crippen molar-refractivity contribution < 1.29 is 78.4 Å². The quantitative estimate of drug-likeness (QED) is 0.0317. The average molecular weight is 1390 g/mol. The number of phosphoric acid groups is 3. The Morgan fingerprint density at radius 2 is 0.602 bits per heavy atom. The van der Waals surface area contributed by atoms with Crippen LogP contribution >= 0.6 is 23.5 Å². The fraction of sp³-hybridized carbons (Fsp3) is 1.00. The number of likely N-dealkylation sites (tertiary alicyclic amines) is 1. The highest BCUT2D eigenvalue weighted by Crippen LogP contribution is 2.42. The molecule has 0 aliphatic carbocycles. The van der Waals surface area contributed by atoms with E-state index in [1.165, 1.54) is 264 Å². The molecule has 1 aliphatic heterocycles. The average Bonchev–Trinajstić information content (AvgIpc) is 0.977. The number of rotatable bonds is 67. The molecule has 1 heterocycles. The highest BCUT2D eigenvalue weighted by atomic mass is 31.2. The van der Waals surface area contributed by atoms with E-state index < -0.39 is 29.6 Å². The van der Waals surface area contributed by atoms with Gasteiger partial charge in [0.05, 0.1) is 102 Å². The van der Waals surface area contributed by atoms with Crippen molar-refractivity contribution in [2.75, 3.05) is 136 Å². The number of phosphoric ester groups is 3. The summed E-state index contributed by atoms with van der Waals surface area (Å²) in [5.74, 6) is 0. The van der Waals surface area contributed by atoms with Crippen molar-refractivity contribution in [2.24, 2.45) is 0 Å². The van der Waals surface area contributed by atoms with Crippen molar-refractivity contribution >= 4 is 23.5 Å². The van der Waals surface area contributed by atoms with Gasteiger partial charge in [0.25, 0.3) is 23.5 Å². The first-order chi connectivity index (χ1) is 44.3. The van der Waals surface area contributed by atoms with Gasteiger partial charge in [0.15, 0.2) is 0 Å². The van der Waals surface area contributed by atoms with Crippen molar-refractivity contribution in [3.05, 3.63) is 0 Å². The van der Waals surface area contributed by atoms with Gasteiger partial charge in [-0.15, -0.1) is 0 Å². The second-order valence-electron chi connectivity index (χ2n) is 29.8. The van der Waals surface area contributed by atoms with E-state index in [2.05, 4.69) is 34.9 Å². The Hall–Kier alpha value is 0.130. The first-order valence-electron chi connectivity index (χ1n) is 38.7. The minimum Gasteiger partial charge on any atom is -0.756 e. The third-order valence-electron chi connectivity index (χ3n) is 17.6. The summed E-state index contributed by atoms with van der Waals surface area (Å²) >= 11 is 0. The molecule has 4 atom stereocenters. The maximum atomic E-state index is 12.0. The molecule has 0 radical (unpaired) electrons. The van der Waals surface area contributed by atoms with Crippen molar-refractivity contribution in [3.63, 3.8) is 0 Å². The molecule has 1 aliphatic rings. The van der Waals surface area contributed by atoms with E-state index in [0.29, 0.717) is 35.3 Å². The number of ether oxygens (including phenoxy) is 2. The molecular weight excluding hydrogens is 1240 g/mol. The van der Waals surface area contributed by atoms with Crippen LogP contribution in [0.1, 0.15) is 329 Å². The van der Waals surface area contributed by atoms with Gasteiger partial charge in [-0.25, -0.2) is 0 Å². The molecule has 4 unspecified atom stereocenters. The van der Waals surface area contributed by atoms with Crippen LogP contribution in [0.15, 0.2) is 0 Å². The van der Waals surface area contributed by atoms with Gasteiger partial charge in [0, 0.05) is 26.6 Å². The minimum absolute atomic E-state index is 0.0949. The van der Waals surface area contributed by atoms with Crippen LogP contribution in [-0.4, -0.2) is 162 Å². The zero-order chi connectivity index (χ0) is 69.5. The summed E-state index contributed by atoms with van der Waals surface area (Å²) in [6, 6.07) is 0. The predicted octanol–water partition coefficient (Wildman–Crippen LogP) is 19.2. The summed E-state index contributed by atoms with van der Waals surface area (Å²) in [5.41, 5.74) is 0. The number of likely N-dealkylation sites (N-methyl/N-ethyl adjacent to an activating group) is 2. The van der Waals surface area contributed by atoms with E-state index in [1.807, 2.05) is 42.3 Å². The van der Waals surface area contributed by atoms with E-state index in [-0.39, 0.29) is 39.1 Å². The second-order valence-corrected chi connectivity index (χ2v) is 34.0. The molecule has 1 saturated heterocycles. The number of piperidine rings is 1. The fourth-order valence-electron chi connectivity index (χ4n) is 11.1. The molecular formula is C73H156N3O14P3. The monoisotopic (exact) mass is 1390 g/mol. The van der Waals surface area contributed by atoms with E-state index in [0.717, 1.165) is 68.9 Å². The summed E-state index contributed by atoms with van der Waals surface area (Å²) in [4.78, 5) is 35.5. The lowest BCUT2D eigenvalue weighted by molar-refractivity contribution is -0.896. The van der Waals surface area contributed by atoms with Crippen LogP contribution < -0.4 is 14.7 Å². The largest absolute Gasteiger partial charge is 0.756 e. The van der Waals surface area contributed by atoms with Crippen LogP contribution in [-0.2, 0) is 50.3 Å². The van der Waals surface area contributed by atoms with Gasteiger partial charge in [-0.2, -0.15) is 0 Å². The molecule has 0 spiro atoms. The summed E-state index contributed by atoms with van der Waals surface area (Å²) in [6.07, 6.45) is 61.2. The summed E-state index contributed by atoms with van der Waals surface area (Å²) in [5, 5.41) is 0. The second kappa shape index (κ2) is 64.2. The van der Waals surface area contributed by atoms with Gasteiger partial charge in [-0.3, -0.25) is 13.7 Å². The third kappa shape index (κ3) is 76.2. The van der Waals surface area contributed by atoms with Gasteiger partial charge in [-0.05, 0) is 19.3 Å². The van der Waals surface area contributed by atoms with Crippen molar-refractivity contribution in [1.82, 2.24) is 0 Å². The molecule has 0 aromatic rings. The van der Waals surface area contributed by atoms with Gasteiger partial charge in [0.2, 0.25) is 0 Å².